The lowest BCUT2D eigenvalue weighted by Crippen LogP contribution is -2.59. The molecule has 0 spiro atoms. The van der Waals surface area contributed by atoms with E-state index in [-0.39, 0.29) is 11.9 Å². The van der Waals surface area contributed by atoms with Crippen LogP contribution >= 0.6 is 0 Å². The minimum absolute atomic E-state index is 0.100. The maximum Gasteiger partial charge on any atom is 0.237 e. The lowest BCUT2D eigenvalue weighted by molar-refractivity contribution is -0.127. The average molecular weight is 257 g/mol. The molecule has 0 radical (unpaired) electrons. The van der Waals surface area contributed by atoms with Crippen LogP contribution in [0.25, 0.3) is 0 Å². The van der Waals surface area contributed by atoms with E-state index < -0.39 is 17.5 Å². The predicted octanol–water partition coefficient (Wildman–Crippen LogP) is 0.923. The summed E-state index contributed by atoms with van der Waals surface area (Å²) in [5, 5.41) is 5.92. The van der Waals surface area contributed by atoms with Gasteiger partial charge in [-0.15, -0.1) is 0 Å². The summed E-state index contributed by atoms with van der Waals surface area (Å²) in [5.41, 5.74) is 4.50. The lowest BCUT2D eigenvalue weighted by Gasteiger charge is -2.30. The average Bonchev–Trinajstić information content (AvgIpc) is 2.28. The van der Waals surface area contributed by atoms with Gasteiger partial charge >= 0.3 is 0 Å². The molecule has 0 rings (SSSR count). The van der Waals surface area contributed by atoms with E-state index in [9.17, 15) is 9.59 Å². The van der Waals surface area contributed by atoms with Crippen LogP contribution in [0, 0.1) is 0 Å². The maximum atomic E-state index is 11.9. The van der Waals surface area contributed by atoms with Crippen molar-refractivity contribution < 1.29 is 9.59 Å². The molecule has 0 aromatic carbocycles. The Labute approximate surface area is 110 Å². The molecule has 0 bridgehead atoms. The van der Waals surface area contributed by atoms with Crippen molar-refractivity contribution in [2.45, 2.75) is 71.5 Å². The van der Waals surface area contributed by atoms with Gasteiger partial charge in [-0.25, -0.2) is 0 Å². The number of primary amides is 1. The summed E-state index contributed by atoms with van der Waals surface area (Å²) in [4.78, 5) is 23.3. The van der Waals surface area contributed by atoms with Gasteiger partial charge in [0.25, 0.3) is 0 Å². The van der Waals surface area contributed by atoms with Crippen LogP contribution in [-0.2, 0) is 9.59 Å². The van der Waals surface area contributed by atoms with Crippen LogP contribution in [0.4, 0.5) is 0 Å². The van der Waals surface area contributed by atoms with E-state index in [2.05, 4.69) is 17.6 Å². The van der Waals surface area contributed by atoms with Gasteiger partial charge in [0.2, 0.25) is 11.8 Å². The van der Waals surface area contributed by atoms with Crippen molar-refractivity contribution in [1.82, 2.24) is 10.6 Å². The molecule has 0 fully saturated rings. The van der Waals surface area contributed by atoms with Gasteiger partial charge in [-0.05, 0) is 33.6 Å². The Morgan fingerprint density at radius 3 is 2.22 bits per heavy atom. The highest BCUT2D eigenvalue weighted by Crippen LogP contribution is 2.09. The van der Waals surface area contributed by atoms with Crippen molar-refractivity contribution >= 4 is 11.8 Å². The van der Waals surface area contributed by atoms with Crippen molar-refractivity contribution in [3.05, 3.63) is 0 Å². The second kappa shape index (κ2) is 7.36. The van der Waals surface area contributed by atoms with Gasteiger partial charge in [-0.1, -0.05) is 20.3 Å². The van der Waals surface area contributed by atoms with Gasteiger partial charge in [0.05, 0.1) is 11.6 Å². The Hall–Kier alpha value is -1.10. The van der Waals surface area contributed by atoms with Crippen LogP contribution in [0.5, 0.6) is 0 Å². The third-order valence-electron chi connectivity index (χ3n) is 3.29. The minimum atomic E-state index is -0.843. The molecule has 0 aliphatic heterocycles. The summed E-state index contributed by atoms with van der Waals surface area (Å²) in [6.07, 6.45) is 2.51. The first-order valence-electron chi connectivity index (χ1n) is 6.64. The van der Waals surface area contributed by atoms with Gasteiger partial charge in [0.15, 0.2) is 0 Å². The van der Waals surface area contributed by atoms with E-state index in [1.807, 2.05) is 13.8 Å². The number of carbonyl (C=O) groups excluding carboxylic acids is 2. The quantitative estimate of drug-likeness (QED) is 0.604. The molecule has 0 aromatic heterocycles. The first kappa shape index (κ1) is 16.9. The first-order chi connectivity index (χ1) is 8.26. The van der Waals surface area contributed by atoms with E-state index in [1.54, 1.807) is 13.8 Å². The number of carbonyl (C=O) groups is 2. The normalized spacial score (nSPS) is 17.6. The molecule has 0 saturated carbocycles. The van der Waals surface area contributed by atoms with Crippen molar-refractivity contribution in [3.63, 3.8) is 0 Å². The second-order valence-electron chi connectivity index (χ2n) is 5.11. The molecular formula is C13H27N3O2. The smallest absolute Gasteiger partial charge is 0.237 e. The fraction of sp³-hybridized carbons (Fsp3) is 0.846. The fourth-order valence-corrected chi connectivity index (χ4v) is 1.76. The Kier molecular flexibility index (Phi) is 6.91. The Balaban J connectivity index is 4.43. The van der Waals surface area contributed by atoms with Crippen LogP contribution in [0.3, 0.4) is 0 Å². The molecule has 5 heteroatoms. The molecule has 0 saturated heterocycles. The van der Waals surface area contributed by atoms with E-state index in [0.29, 0.717) is 6.42 Å². The van der Waals surface area contributed by atoms with E-state index in [1.165, 1.54) is 0 Å². The highest BCUT2D eigenvalue weighted by atomic mass is 16.2. The molecule has 2 amide bonds. The molecule has 0 heterocycles. The number of hydrogen-bond acceptors (Lipinski definition) is 3. The molecule has 4 N–H and O–H groups in total. The van der Waals surface area contributed by atoms with Crippen LogP contribution < -0.4 is 16.4 Å². The second-order valence-corrected chi connectivity index (χ2v) is 5.11. The first-order valence-corrected chi connectivity index (χ1v) is 6.64. The molecule has 3 unspecified atom stereocenters. The fourth-order valence-electron chi connectivity index (χ4n) is 1.76. The van der Waals surface area contributed by atoms with E-state index >= 15 is 0 Å². The number of amides is 2. The Morgan fingerprint density at radius 1 is 1.28 bits per heavy atom. The lowest BCUT2D eigenvalue weighted by atomic mass is 9.96. The van der Waals surface area contributed by atoms with Crippen molar-refractivity contribution in [3.8, 4) is 0 Å². The van der Waals surface area contributed by atoms with Crippen molar-refractivity contribution in [2.75, 3.05) is 0 Å². The Morgan fingerprint density at radius 2 is 1.83 bits per heavy atom. The number of nitrogens with one attached hydrogen (secondary N) is 2. The number of hydrogen-bond donors (Lipinski definition) is 3. The molecule has 0 aromatic rings. The van der Waals surface area contributed by atoms with Crippen molar-refractivity contribution in [2.24, 2.45) is 5.73 Å². The van der Waals surface area contributed by atoms with E-state index in [0.717, 1.165) is 12.8 Å². The zero-order chi connectivity index (χ0) is 14.3. The summed E-state index contributed by atoms with van der Waals surface area (Å²) in [7, 11) is 0. The summed E-state index contributed by atoms with van der Waals surface area (Å²) in [6, 6.07) is -0.296. The molecule has 0 aliphatic rings. The molecule has 106 valence electrons. The standard InChI is InChI=1S/C13H27N3O2/c1-6-8-9(3)15-11(17)10(4)16-13(5,7-2)12(14)18/h9-10,16H,6-8H2,1-5H3,(H2,14,18)(H,15,17). The summed E-state index contributed by atoms with van der Waals surface area (Å²) >= 11 is 0. The summed E-state index contributed by atoms with van der Waals surface area (Å²) in [5.74, 6) is -0.539. The van der Waals surface area contributed by atoms with Gasteiger partial charge in [-0.3, -0.25) is 14.9 Å². The molecule has 5 nitrogen and oxygen atoms in total. The van der Waals surface area contributed by atoms with Gasteiger partial charge < -0.3 is 11.1 Å². The highest BCUT2D eigenvalue weighted by molar-refractivity contribution is 5.86. The Bertz CT molecular complexity index is 294. The SMILES string of the molecule is CCCC(C)NC(=O)C(C)NC(C)(CC)C(N)=O. The molecule has 0 aliphatic carbocycles. The van der Waals surface area contributed by atoms with Crippen LogP contribution in [0.1, 0.15) is 53.9 Å². The number of rotatable bonds is 8. The van der Waals surface area contributed by atoms with Crippen molar-refractivity contribution in [1.29, 1.82) is 0 Å². The predicted molar refractivity (Wildman–Crippen MR) is 73.0 cm³/mol. The zero-order valence-corrected chi connectivity index (χ0v) is 12.2. The van der Waals surface area contributed by atoms with Crippen LogP contribution in [-0.4, -0.2) is 29.4 Å². The van der Waals surface area contributed by atoms with Crippen LogP contribution in [0.2, 0.25) is 0 Å². The van der Waals surface area contributed by atoms with Gasteiger partial charge in [0.1, 0.15) is 0 Å². The van der Waals surface area contributed by atoms with Gasteiger partial charge in [0, 0.05) is 6.04 Å². The van der Waals surface area contributed by atoms with Gasteiger partial charge in [-0.2, -0.15) is 0 Å². The largest absolute Gasteiger partial charge is 0.368 e. The third kappa shape index (κ3) is 5.04. The minimum Gasteiger partial charge on any atom is -0.368 e. The third-order valence-corrected chi connectivity index (χ3v) is 3.29. The summed E-state index contributed by atoms with van der Waals surface area (Å²) < 4.78 is 0. The monoisotopic (exact) mass is 257 g/mol. The summed E-state index contributed by atoms with van der Waals surface area (Å²) in [6.45, 7) is 9.37. The molecule has 18 heavy (non-hydrogen) atoms. The topological polar surface area (TPSA) is 84.2 Å². The molecular weight excluding hydrogens is 230 g/mol. The maximum absolute atomic E-state index is 11.9. The molecule has 3 atom stereocenters. The van der Waals surface area contributed by atoms with E-state index in [4.69, 9.17) is 5.73 Å². The number of nitrogens with two attached hydrogens (primary N) is 1. The highest BCUT2D eigenvalue weighted by Gasteiger charge is 2.32. The van der Waals surface area contributed by atoms with Crippen LogP contribution in [0.15, 0.2) is 0 Å². The zero-order valence-electron chi connectivity index (χ0n) is 12.2.